The van der Waals surface area contributed by atoms with Crippen LogP contribution in [0.5, 0.6) is 0 Å². The van der Waals surface area contributed by atoms with E-state index in [-0.39, 0.29) is 23.8 Å². The number of amides is 1. The van der Waals surface area contributed by atoms with Gasteiger partial charge in [-0.3, -0.25) is 4.79 Å². The van der Waals surface area contributed by atoms with Crippen molar-refractivity contribution in [2.45, 2.75) is 49.0 Å². The summed E-state index contributed by atoms with van der Waals surface area (Å²) in [5.74, 6) is -1.30. The number of sulfonamides is 1. The molecule has 0 spiro atoms. The standard InChI is InChI=1S/C21H24F2N2O5S/c22-15-5-8-17(9-6-15)31(28,29)25-19-10-7-16(30-20(19)13-26)11-21(27)24-12-14-3-1-2-4-18(14)23/h1-6,8-9,16,19-20,25-26H,7,10-13H2,(H,24,27)/t16-,19+,20-/m0/s1. The molecule has 0 bridgehead atoms. The number of carbonyl (C=O) groups excluding carboxylic acids is 1. The molecule has 0 aliphatic carbocycles. The average molecular weight is 454 g/mol. The molecule has 3 atom stereocenters. The van der Waals surface area contributed by atoms with Crippen LogP contribution in [0.4, 0.5) is 8.78 Å². The minimum Gasteiger partial charge on any atom is -0.394 e. The summed E-state index contributed by atoms with van der Waals surface area (Å²) in [6.07, 6.45) is -0.614. The van der Waals surface area contributed by atoms with Gasteiger partial charge in [-0.2, -0.15) is 0 Å². The third-order valence-corrected chi connectivity index (χ3v) is 6.58. The molecule has 1 heterocycles. The summed E-state index contributed by atoms with van der Waals surface area (Å²) in [6.45, 7) is -0.397. The Hall–Kier alpha value is -2.40. The predicted octanol–water partition coefficient (Wildman–Crippen LogP) is 1.86. The quantitative estimate of drug-likeness (QED) is 0.565. The first-order valence-electron chi connectivity index (χ1n) is 9.83. The number of nitrogens with one attached hydrogen (secondary N) is 2. The number of aliphatic hydroxyl groups is 1. The fourth-order valence-corrected chi connectivity index (χ4v) is 4.71. The Kier molecular flexibility index (Phi) is 7.71. The topological polar surface area (TPSA) is 105 Å². The van der Waals surface area contributed by atoms with Crippen molar-refractivity contribution in [3.8, 4) is 0 Å². The number of carbonyl (C=O) groups is 1. The lowest BCUT2D eigenvalue weighted by molar-refractivity contribution is -0.130. The van der Waals surface area contributed by atoms with Gasteiger partial charge in [0.2, 0.25) is 15.9 Å². The highest BCUT2D eigenvalue weighted by Crippen LogP contribution is 2.24. The van der Waals surface area contributed by atoms with Crippen LogP contribution in [-0.4, -0.2) is 44.3 Å². The molecule has 1 saturated heterocycles. The Morgan fingerprint density at radius 2 is 1.81 bits per heavy atom. The summed E-state index contributed by atoms with van der Waals surface area (Å²) in [5.41, 5.74) is 0.365. The molecule has 1 aliphatic rings. The van der Waals surface area contributed by atoms with Gasteiger partial charge >= 0.3 is 0 Å². The molecule has 7 nitrogen and oxygen atoms in total. The number of hydrogen-bond donors (Lipinski definition) is 3. The van der Waals surface area contributed by atoms with Gasteiger partial charge in [-0.1, -0.05) is 18.2 Å². The maximum atomic E-state index is 13.6. The third kappa shape index (κ3) is 6.30. The van der Waals surface area contributed by atoms with Crippen molar-refractivity contribution < 1.29 is 31.8 Å². The van der Waals surface area contributed by atoms with Crippen LogP contribution in [0, 0.1) is 11.6 Å². The van der Waals surface area contributed by atoms with Crippen molar-refractivity contribution in [2.75, 3.05) is 6.61 Å². The Labute approximate surface area is 179 Å². The highest BCUT2D eigenvalue weighted by Gasteiger charge is 2.34. The van der Waals surface area contributed by atoms with Gasteiger partial charge in [-0.25, -0.2) is 21.9 Å². The van der Waals surface area contributed by atoms with E-state index in [1.54, 1.807) is 18.2 Å². The molecule has 0 saturated carbocycles. The molecule has 168 valence electrons. The van der Waals surface area contributed by atoms with Crippen molar-refractivity contribution in [1.82, 2.24) is 10.0 Å². The first-order valence-corrected chi connectivity index (χ1v) is 11.3. The van der Waals surface area contributed by atoms with Gasteiger partial charge in [0, 0.05) is 12.1 Å². The second-order valence-corrected chi connectivity index (χ2v) is 9.02. The first kappa shape index (κ1) is 23.3. The molecule has 0 radical (unpaired) electrons. The van der Waals surface area contributed by atoms with E-state index < -0.39 is 46.5 Å². The number of hydrogen-bond acceptors (Lipinski definition) is 5. The van der Waals surface area contributed by atoms with Crippen LogP contribution in [0.25, 0.3) is 0 Å². The van der Waals surface area contributed by atoms with Gasteiger partial charge < -0.3 is 15.2 Å². The lowest BCUT2D eigenvalue weighted by atomic mass is 9.98. The first-order chi connectivity index (χ1) is 14.8. The summed E-state index contributed by atoms with van der Waals surface area (Å²) >= 11 is 0. The predicted molar refractivity (Wildman–Crippen MR) is 108 cm³/mol. The molecule has 31 heavy (non-hydrogen) atoms. The van der Waals surface area contributed by atoms with E-state index in [0.29, 0.717) is 18.4 Å². The average Bonchev–Trinajstić information content (AvgIpc) is 2.74. The van der Waals surface area contributed by atoms with Crippen molar-refractivity contribution in [2.24, 2.45) is 0 Å². The normalized spacial score (nSPS) is 21.6. The van der Waals surface area contributed by atoms with Crippen LogP contribution in [-0.2, 0) is 26.1 Å². The van der Waals surface area contributed by atoms with Gasteiger partial charge in [0.05, 0.1) is 36.2 Å². The number of aliphatic hydroxyl groups excluding tert-OH is 1. The summed E-state index contributed by atoms with van der Waals surface area (Å²) in [5, 5.41) is 12.3. The summed E-state index contributed by atoms with van der Waals surface area (Å²) in [6, 6.07) is 9.82. The van der Waals surface area contributed by atoms with Gasteiger partial charge in [-0.05, 0) is 43.2 Å². The molecule has 1 amide bonds. The van der Waals surface area contributed by atoms with Crippen molar-refractivity contribution in [3.05, 3.63) is 65.7 Å². The number of benzene rings is 2. The van der Waals surface area contributed by atoms with Gasteiger partial charge in [0.25, 0.3) is 0 Å². The fraction of sp³-hybridized carbons (Fsp3) is 0.381. The van der Waals surface area contributed by atoms with E-state index >= 15 is 0 Å². The lowest BCUT2D eigenvalue weighted by Gasteiger charge is -2.35. The monoisotopic (exact) mass is 454 g/mol. The summed E-state index contributed by atoms with van der Waals surface area (Å²) < 4.78 is 59.9. The maximum Gasteiger partial charge on any atom is 0.240 e. The van der Waals surface area contributed by atoms with Crippen molar-refractivity contribution in [3.63, 3.8) is 0 Å². The second kappa shape index (κ2) is 10.3. The number of ether oxygens (including phenoxy) is 1. The Balaban J connectivity index is 1.53. The van der Waals surface area contributed by atoms with Crippen LogP contribution in [0.2, 0.25) is 0 Å². The van der Waals surface area contributed by atoms with Gasteiger partial charge in [0.1, 0.15) is 11.6 Å². The maximum absolute atomic E-state index is 13.6. The Morgan fingerprint density at radius 1 is 1.10 bits per heavy atom. The molecule has 0 unspecified atom stereocenters. The zero-order chi connectivity index (χ0) is 22.4. The Bertz CT molecular complexity index is 1000. The lowest BCUT2D eigenvalue weighted by Crippen LogP contribution is -2.51. The largest absolute Gasteiger partial charge is 0.394 e. The van der Waals surface area contributed by atoms with Crippen LogP contribution in [0.1, 0.15) is 24.8 Å². The highest BCUT2D eigenvalue weighted by atomic mass is 32.2. The van der Waals surface area contributed by atoms with E-state index in [9.17, 15) is 27.1 Å². The van der Waals surface area contributed by atoms with Gasteiger partial charge in [-0.15, -0.1) is 0 Å². The van der Waals surface area contributed by atoms with Crippen molar-refractivity contribution in [1.29, 1.82) is 0 Å². The minimum atomic E-state index is -3.93. The van der Waals surface area contributed by atoms with Crippen molar-refractivity contribution >= 4 is 15.9 Å². The summed E-state index contributed by atoms with van der Waals surface area (Å²) in [7, 11) is -3.93. The third-order valence-electron chi connectivity index (χ3n) is 5.07. The fourth-order valence-electron chi connectivity index (χ4n) is 3.41. The number of rotatable bonds is 8. The SMILES string of the molecule is O=C(C[C@@H]1CC[C@@H](NS(=O)(=O)c2ccc(F)cc2)[C@H](CO)O1)NCc1ccccc1F. The molecule has 1 aliphatic heterocycles. The van der Waals surface area contributed by atoms with Crippen LogP contribution >= 0.6 is 0 Å². The van der Waals surface area contributed by atoms with Crippen LogP contribution in [0.3, 0.4) is 0 Å². The molecular weight excluding hydrogens is 430 g/mol. The van der Waals surface area contributed by atoms with E-state index in [1.165, 1.54) is 6.07 Å². The highest BCUT2D eigenvalue weighted by molar-refractivity contribution is 7.89. The molecule has 1 fully saturated rings. The summed E-state index contributed by atoms with van der Waals surface area (Å²) in [4.78, 5) is 12.1. The minimum absolute atomic E-state index is 0.00237. The molecule has 2 aromatic carbocycles. The smallest absolute Gasteiger partial charge is 0.240 e. The molecule has 3 rings (SSSR count). The second-order valence-electron chi connectivity index (χ2n) is 7.31. The molecule has 2 aromatic rings. The van der Waals surface area contributed by atoms with Gasteiger partial charge in [0.15, 0.2) is 0 Å². The molecular formula is C21H24F2N2O5S. The zero-order valence-electron chi connectivity index (χ0n) is 16.6. The molecule has 0 aromatic heterocycles. The van der Waals surface area contributed by atoms with E-state index in [4.69, 9.17) is 4.74 Å². The van der Waals surface area contributed by atoms with Crippen LogP contribution < -0.4 is 10.0 Å². The number of halogens is 2. The Morgan fingerprint density at radius 3 is 2.48 bits per heavy atom. The molecule has 3 N–H and O–H groups in total. The molecule has 10 heteroatoms. The van der Waals surface area contributed by atoms with E-state index in [1.807, 2.05) is 0 Å². The van der Waals surface area contributed by atoms with E-state index in [0.717, 1.165) is 24.3 Å². The van der Waals surface area contributed by atoms with Crippen LogP contribution in [0.15, 0.2) is 53.4 Å². The van der Waals surface area contributed by atoms with E-state index in [2.05, 4.69) is 10.0 Å². The zero-order valence-corrected chi connectivity index (χ0v) is 17.4.